The molecule has 0 aromatic heterocycles. The molecule has 0 heterocycles. The topological polar surface area (TPSA) is 46.2 Å². The van der Waals surface area contributed by atoms with E-state index in [0.717, 1.165) is 25.7 Å². The number of allylic oxidation sites excluding steroid dienone is 3. The van der Waals surface area contributed by atoms with Crippen molar-refractivity contribution in [3.63, 3.8) is 0 Å². The maximum absolute atomic E-state index is 14.3. The van der Waals surface area contributed by atoms with Crippen molar-refractivity contribution >= 4 is 0 Å². The van der Waals surface area contributed by atoms with E-state index in [0.29, 0.717) is 5.92 Å². The van der Waals surface area contributed by atoms with Crippen molar-refractivity contribution in [2.24, 2.45) is 28.9 Å². The minimum Gasteiger partial charge on any atom is -0.508 e. The summed E-state index contributed by atoms with van der Waals surface area (Å²) >= 11 is 0. The lowest BCUT2D eigenvalue weighted by molar-refractivity contribution is 0.0103. The molecule has 3 N–H and O–H groups in total. The van der Waals surface area contributed by atoms with Crippen molar-refractivity contribution in [3.05, 3.63) is 23.7 Å². The fourth-order valence-electron chi connectivity index (χ4n) is 4.90. The molecule has 3 aliphatic rings. The molecule has 0 aromatic carbocycles. The molecule has 106 valence electrons. The second-order valence-corrected chi connectivity index (χ2v) is 6.61. The average molecular weight is 265 g/mol. The van der Waals surface area contributed by atoms with Gasteiger partial charge in [0.25, 0.3) is 0 Å². The summed E-state index contributed by atoms with van der Waals surface area (Å²) in [5.74, 6) is 0.408. The molecule has 0 spiro atoms. The Morgan fingerprint density at radius 2 is 2.26 bits per heavy atom. The first-order chi connectivity index (χ1) is 9.08. The lowest BCUT2D eigenvalue weighted by Gasteiger charge is -2.53. The van der Waals surface area contributed by atoms with Gasteiger partial charge in [0.1, 0.15) is 11.6 Å². The van der Waals surface area contributed by atoms with Crippen LogP contribution in [0.1, 0.15) is 45.4 Å². The molecule has 3 aliphatic carbocycles. The predicted octanol–water partition coefficient (Wildman–Crippen LogP) is 3.85. The summed E-state index contributed by atoms with van der Waals surface area (Å²) < 4.78 is 14.3. The molecule has 0 amide bonds. The Labute approximate surface area is 114 Å². The quantitative estimate of drug-likeness (QED) is 0.756. The van der Waals surface area contributed by atoms with Crippen molar-refractivity contribution in [3.8, 4) is 0 Å². The van der Waals surface area contributed by atoms with E-state index in [4.69, 9.17) is 5.73 Å². The van der Waals surface area contributed by atoms with E-state index in [1.807, 2.05) is 6.08 Å². The highest BCUT2D eigenvalue weighted by molar-refractivity contribution is 5.28. The second kappa shape index (κ2) is 4.62. The Morgan fingerprint density at radius 1 is 1.47 bits per heavy atom. The van der Waals surface area contributed by atoms with Crippen LogP contribution in [0.2, 0.25) is 0 Å². The van der Waals surface area contributed by atoms with E-state index in [-0.39, 0.29) is 34.9 Å². The summed E-state index contributed by atoms with van der Waals surface area (Å²) in [7, 11) is 0. The molecule has 2 nitrogen and oxygen atoms in total. The van der Waals surface area contributed by atoms with Gasteiger partial charge in [0.05, 0.1) is 0 Å². The number of aliphatic hydroxyl groups excluding tert-OH is 1. The largest absolute Gasteiger partial charge is 0.508 e. The number of hydrogen-bond acceptors (Lipinski definition) is 2. The molecule has 19 heavy (non-hydrogen) atoms. The van der Waals surface area contributed by atoms with Gasteiger partial charge in [0, 0.05) is 18.0 Å². The van der Waals surface area contributed by atoms with E-state index in [9.17, 15) is 9.50 Å². The molecule has 2 fully saturated rings. The van der Waals surface area contributed by atoms with Crippen LogP contribution < -0.4 is 5.73 Å². The van der Waals surface area contributed by atoms with E-state index in [1.165, 1.54) is 18.9 Å². The van der Waals surface area contributed by atoms with Crippen molar-refractivity contribution in [2.45, 2.75) is 51.5 Å². The van der Waals surface area contributed by atoms with Gasteiger partial charge in [0.15, 0.2) is 0 Å². The highest BCUT2D eigenvalue weighted by atomic mass is 19.1. The minimum absolute atomic E-state index is 0.0241. The Bertz CT molecular complexity index is 430. The molecule has 3 heteroatoms. The third-order valence-corrected chi connectivity index (χ3v) is 5.94. The molecule has 0 aliphatic heterocycles. The van der Waals surface area contributed by atoms with Crippen molar-refractivity contribution in [1.82, 2.24) is 0 Å². The summed E-state index contributed by atoms with van der Waals surface area (Å²) in [6.07, 6.45) is 9.59. The van der Waals surface area contributed by atoms with Crippen LogP contribution in [0.5, 0.6) is 0 Å². The zero-order chi connectivity index (χ0) is 13.6. The maximum Gasteiger partial charge on any atom is 0.114 e. The number of halogens is 1. The Balaban J connectivity index is 2.06. The number of hydrogen-bond donors (Lipinski definition) is 2. The zero-order valence-corrected chi connectivity index (χ0v) is 11.6. The van der Waals surface area contributed by atoms with Crippen molar-refractivity contribution in [1.29, 1.82) is 0 Å². The molecule has 0 aromatic rings. The van der Waals surface area contributed by atoms with Crippen LogP contribution in [0.25, 0.3) is 0 Å². The molecule has 0 saturated heterocycles. The first-order valence-electron chi connectivity index (χ1n) is 7.62. The van der Waals surface area contributed by atoms with E-state index < -0.39 is 0 Å². The Hall–Kier alpha value is -0.830. The van der Waals surface area contributed by atoms with E-state index >= 15 is 0 Å². The van der Waals surface area contributed by atoms with Crippen LogP contribution in [-0.2, 0) is 0 Å². The minimum atomic E-state index is -0.137. The third kappa shape index (κ3) is 1.85. The Kier molecular flexibility index (Phi) is 3.20. The van der Waals surface area contributed by atoms with Crippen LogP contribution in [0, 0.1) is 23.2 Å². The van der Waals surface area contributed by atoms with Crippen LogP contribution >= 0.6 is 0 Å². The molecule has 3 rings (SSSR count). The van der Waals surface area contributed by atoms with Crippen LogP contribution in [0.15, 0.2) is 23.7 Å². The highest BCUT2D eigenvalue weighted by Gasteiger charge is 2.54. The highest BCUT2D eigenvalue weighted by Crippen LogP contribution is 2.57. The monoisotopic (exact) mass is 265 g/mol. The molecule has 2 unspecified atom stereocenters. The summed E-state index contributed by atoms with van der Waals surface area (Å²) in [5, 5.41) is 9.79. The van der Waals surface area contributed by atoms with Crippen molar-refractivity contribution in [2.75, 3.05) is 0 Å². The first kappa shape index (κ1) is 13.2. The number of fused-ring (bicyclic) bond motifs is 4. The van der Waals surface area contributed by atoms with Crippen LogP contribution in [0.4, 0.5) is 4.39 Å². The maximum atomic E-state index is 14.3. The van der Waals surface area contributed by atoms with Crippen LogP contribution in [-0.4, -0.2) is 11.1 Å². The standard InChI is InChI=1S/C16H24FNO/c1-2-16-6-4-3-5-10(15(16)18)7-12-13(16)8-11(19)9-14(12)17/h8-10,12-13,15,19H,2-7,18H2,1H3/t10-,12?,13?,15-,16+/m1/s1. The van der Waals surface area contributed by atoms with Crippen molar-refractivity contribution < 1.29 is 9.50 Å². The first-order valence-corrected chi connectivity index (χ1v) is 7.62. The summed E-state index contributed by atoms with van der Waals surface area (Å²) in [5.41, 5.74) is 6.55. The summed E-state index contributed by atoms with van der Waals surface area (Å²) in [6, 6.07) is 0.149. The lowest BCUT2D eigenvalue weighted by atomic mass is 9.53. The van der Waals surface area contributed by atoms with Gasteiger partial charge in [-0.1, -0.05) is 19.8 Å². The van der Waals surface area contributed by atoms with Gasteiger partial charge in [-0.25, -0.2) is 4.39 Å². The van der Waals surface area contributed by atoms with Gasteiger partial charge in [0.2, 0.25) is 0 Å². The number of nitrogens with two attached hydrogens (primary N) is 1. The molecule has 2 bridgehead atoms. The van der Waals surface area contributed by atoms with Gasteiger partial charge in [-0.2, -0.15) is 0 Å². The van der Waals surface area contributed by atoms with Gasteiger partial charge in [-0.15, -0.1) is 0 Å². The second-order valence-electron chi connectivity index (χ2n) is 6.61. The summed E-state index contributed by atoms with van der Waals surface area (Å²) in [4.78, 5) is 0. The molecule has 2 saturated carbocycles. The van der Waals surface area contributed by atoms with Crippen LogP contribution in [0.3, 0.4) is 0 Å². The molecule has 5 atom stereocenters. The molecular weight excluding hydrogens is 241 g/mol. The zero-order valence-electron chi connectivity index (χ0n) is 11.6. The molecule has 0 radical (unpaired) electrons. The average Bonchev–Trinajstić information content (AvgIpc) is 2.48. The number of aliphatic hydroxyl groups is 1. The van der Waals surface area contributed by atoms with E-state index in [1.54, 1.807) is 0 Å². The fraction of sp³-hybridized carbons (Fsp3) is 0.750. The predicted molar refractivity (Wildman–Crippen MR) is 74.2 cm³/mol. The third-order valence-electron chi connectivity index (χ3n) is 5.94. The molecular formula is C16H24FNO. The Morgan fingerprint density at radius 3 is 3.00 bits per heavy atom. The van der Waals surface area contributed by atoms with Gasteiger partial charge < -0.3 is 10.8 Å². The van der Waals surface area contributed by atoms with E-state index in [2.05, 4.69) is 6.92 Å². The smallest absolute Gasteiger partial charge is 0.114 e. The number of rotatable bonds is 1. The summed E-state index contributed by atoms with van der Waals surface area (Å²) in [6.45, 7) is 2.17. The van der Waals surface area contributed by atoms with Gasteiger partial charge in [-0.3, -0.25) is 0 Å². The SMILES string of the molecule is CC[C@]12CCCC[C@H](CC3C(F)=CC(O)=CC31)[C@H]2N. The van der Waals surface area contributed by atoms with Gasteiger partial charge >= 0.3 is 0 Å². The lowest BCUT2D eigenvalue weighted by Crippen LogP contribution is -2.56. The normalized spacial score (nSPS) is 45.8. The fourth-order valence-corrected chi connectivity index (χ4v) is 4.90. The van der Waals surface area contributed by atoms with Gasteiger partial charge in [-0.05, 0) is 49.0 Å².